The normalized spacial score (nSPS) is 11.8. The monoisotopic (exact) mass is 364 g/mol. The highest BCUT2D eigenvalue weighted by atomic mass is 32.2. The molecule has 0 unspecified atom stereocenters. The van der Waals surface area contributed by atoms with Gasteiger partial charge < -0.3 is 9.73 Å². The third-order valence-corrected chi connectivity index (χ3v) is 6.06. The minimum absolute atomic E-state index is 0.0861. The molecule has 0 fully saturated rings. The molecule has 0 spiro atoms. The number of thiophene rings is 1. The second-order valence-electron chi connectivity index (χ2n) is 5.48. The van der Waals surface area contributed by atoms with E-state index in [9.17, 15) is 13.2 Å². The summed E-state index contributed by atoms with van der Waals surface area (Å²) in [5.74, 6) is -0.163. The van der Waals surface area contributed by atoms with Gasteiger partial charge in [0.15, 0.2) is 0 Å². The largest absolute Gasteiger partial charge is 0.464 e. The lowest BCUT2D eigenvalue weighted by Gasteiger charge is -2.02. The summed E-state index contributed by atoms with van der Waals surface area (Å²) in [6.07, 6.45) is 1.79. The third-order valence-electron chi connectivity index (χ3n) is 3.54. The van der Waals surface area contributed by atoms with E-state index in [0.29, 0.717) is 0 Å². The van der Waals surface area contributed by atoms with Gasteiger partial charge in [0.25, 0.3) is 0 Å². The number of fused-ring (bicyclic) bond motifs is 1. The highest BCUT2D eigenvalue weighted by Crippen LogP contribution is 2.23. The smallest absolute Gasteiger partial charge is 0.247 e. The Morgan fingerprint density at radius 1 is 1.29 bits per heavy atom. The first kappa shape index (κ1) is 16.7. The molecule has 0 saturated carbocycles. The van der Waals surface area contributed by atoms with Crippen LogP contribution < -0.4 is 10.5 Å². The number of rotatable bonds is 5. The maximum absolute atomic E-state index is 12.1. The molecule has 0 aliphatic rings. The molecule has 2 heterocycles. The van der Waals surface area contributed by atoms with Crippen LogP contribution in [-0.2, 0) is 27.8 Å². The molecule has 8 heteroatoms. The molecular weight excluding hydrogens is 348 g/mol. The zero-order chi connectivity index (χ0) is 17.3. The number of hydrogen-bond acceptors (Lipinski definition) is 5. The quantitative estimate of drug-likeness (QED) is 0.725. The first-order valence-electron chi connectivity index (χ1n) is 7.18. The van der Waals surface area contributed by atoms with Gasteiger partial charge in [-0.05, 0) is 30.7 Å². The van der Waals surface area contributed by atoms with E-state index in [4.69, 9.17) is 9.56 Å². The van der Waals surface area contributed by atoms with Crippen molar-refractivity contribution < 1.29 is 17.6 Å². The molecule has 0 bridgehead atoms. The molecule has 3 rings (SSSR count). The molecular formula is C16H16N2O4S2. The predicted molar refractivity (Wildman–Crippen MR) is 92.2 cm³/mol. The van der Waals surface area contributed by atoms with Crippen molar-refractivity contribution in [3.8, 4) is 0 Å². The molecule has 126 valence electrons. The Morgan fingerprint density at radius 3 is 2.79 bits per heavy atom. The van der Waals surface area contributed by atoms with Crippen molar-refractivity contribution in [3.05, 3.63) is 52.6 Å². The van der Waals surface area contributed by atoms with Gasteiger partial charge >= 0.3 is 0 Å². The van der Waals surface area contributed by atoms with E-state index < -0.39 is 10.0 Å². The number of sulfonamides is 1. The molecule has 3 aromatic rings. The van der Waals surface area contributed by atoms with Crippen LogP contribution in [0.5, 0.6) is 0 Å². The van der Waals surface area contributed by atoms with Crippen LogP contribution in [0, 0.1) is 6.92 Å². The Bertz CT molecular complexity index is 1000. The van der Waals surface area contributed by atoms with E-state index in [1.165, 1.54) is 6.07 Å². The summed E-state index contributed by atoms with van der Waals surface area (Å²) in [6, 6.07) is 8.92. The highest BCUT2D eigenvalue weighted by molar-refractivity contribution is 7.91. The predicted octanol–water partition coefficient (Wildman–Crippen LogP) is 2.31. The van der Waals surface area contributed by atoms with Crippen LogP contribution in [0.15, 0.2) is 45.2 Å². The van der Waals surface area contributed by atoms with Crippen LogP contribution in [0.2, 0.25) is 0 Å². The molecule has 24 heavy (non-hydrogen) atoms. The molecule has 2 aromatic heterocycles. The minimum atomic E-state index is -3.70. The summed E-state index contributed by atoms with van der Waals surface area (Å²) in [5.41, 5.74) is 2.67. The average Bonchev–Trinajstić information content (AvgIpc) is 3.12. The number of benzene rings is 1. The Balaban J connectivity index is 1.64. The van der Waals surface area contributed by atoms with Crippen LogP contribution in [0.3, 0.4) is 0 Å². The standard InChI is InChI=1S/C16H16N2O4S2/c1-10-2-4-13-11(9-22-14(13)6-10)7-15(19)18-8-12-3-5-16(23-12)24(17,20)21/h2-6,9H,7-8H2,1H3,(H,18,19)(H2,17,20,21). The third kappa shape index (κ3) is 3.66. The highest BCUT2D eigenvalue weighted by Gasteiger charge is 2.13. The maximum atomic E-state index is 12.1. The summed E-state index contributed by atoms with van der Waals surface area (Å²) in [6.45, 7) is 2.24. The zero-order valence-electron chi connectivity index (χ0n) is 12.9. The molecule has 0 radical (unpaired) electrons. The molecule has 3 N–H and O–H groups in total. The number of primary sulfonamides is 1. The Labute approximate surface area is 143 Å². The fraction of sp³-hybridized carbons (Fsp3) is 0.188. The number of aryl methyl sites for hydroxylation is 1. The summed E-state index contributed by atoms with van der Waals surface area (Å²) < 4.78 is 28.0. The van der Waals surface area contributed by atoms with Gasteiger partial charge in [0.1, 0.15) is 9.79 Å². The number of nitrogens with two attached hydrogens (primary N) is 1. The van der Waals surface area contributed by atoms with Crippen LogP contribution >= 0.6 is 11.3 Å². The number of hydrogen-bond donors (Lipinski definition) is 2. The second-order valence-corrected chi connectivity index (χ2v) is 8.44. The van der Waals surface area contributed by atoms with Gasteiger partial charge in [0, 0.05) is 15.8 Å². The lowest BCUT2D eigenvalue weighted by molar-refractivity contribution is -0.120. The van der Waals surface area contributed by atoms with Gasteiger partial charge in [-0.1, -0.05) is 12.1 Å². The molecule has 6 nitrogen and oxygen atoms in total. The fourth-order valence-electron chi connectivity index (χ4n) is 2.35. The van der Waals surface area contributed by atoms with Crippen LogP contribution in [-0.4, -0.2) is 14.3 Å². The summed E-state index contributed by atoms with van der Waals surface area (Å²) >= 11 is 1.05. The molecule has 1 aromatic carbocycles. The van der Waals surface area contributed by atoms with Crippen molar-refractivity contribution in [3.63, 3.8) is 0 Å². The number of carbonyl (C=O) groups excluding carboxylic acids is 1. The lowest BCUT2D eigenvalue weighted by atomic mass is 10.1. The van der Waals surface area contributed by atoms with E-state index in [2.05, 4.69) is 5.32 Å². The SMILES string of the molecule is Cc1ccc2c(CC(=O)NCc3ccc(S(N)(=O)=O)s3)coc2c1. The summed E-state index contributed by atoms with van der Waals surface area (Å²) in [7, 11) is -3.70. The van der Waals surface area contributed by atoms with E-state index in [-0.39, 0.29) is 23.1 Å². The summed E-state index contributed by atoms with van der Waals surface area (Å²) in [4.78, 5) is 12.8. The minimum Gasteiger partial charge on any atom is -0.464 e. The number of furan rings is 1. The van der Waals surface area contributed by atoms with Gasteiger partial charge in [-0.25, -0.2) is 13.6 Å². The molecule has 1 amide bonds. The van der Waals surface area contributed by atoms with Crippen molar-refractivity contribution in [2.24, 2.45) is 5.14 Å². The molecule has 0 aliphatic heterocycles. The van der Waals surface area contributed by atoms with Gasteiger partial charge in [-0.3, -0.25) is 4.79 Å². The van der Waals surface area contributed by atoms with Gasteiger partial charge in [0.05, 0.1) is 19.2 Å². The van der Waals surface area contributed by atoms with Crippen LogP contribution in [0.25, 0.3) is 11.0 Å². The lowest BCUT2D eigenvalue weighted by Crippen LogP contribution is -2.24. The first-order valence-corrected chi connectivity index (χ1v) is 9.54. The van der Waals surface area contributed by atoms with Gasteiger partial charge in [0.2, 0.25) is 15.9 Å². The maximum Gasteiger partial charge on any atom is 0.247 e. The van der Waals surface area contributed by atoms with Crippen molar-refractivity contribution in [2.45, 2.75) is 24.1 Å². The van der Waals surface area contributed by atoms with Crippen LogP contribution in [0.4, 0.5) is 0 Å². The van der Waals surface area contributed by atoms with Gasteiger partial charge in [-0.15, -0.1) is 11.3 Å². The summed E-state index contributed by atoms with van der Waals surface area (Å²) in [5, 5.41) is 8.76. The Morgan fingerprint density at radius 2 is 2.08 bits per heavy atom. The Kier molecular flexibility index (Phi) is 4.44. The van der Waals surface area contributed by atoms with Crippen molar-refractivity contribution >= 4 is 38.2 Å². The second kappa shape index (κ2) is 6.39. The molecule has 0 saturated heterocycles. The zero-order valence-corrected chi connectivity index (χ0v) is 14.5. The first-order chi connectivity index (χ1) is 11.3. The van der Waals surface area contributed by atoms with Gasteiger partial charge in [-0.2, -0.15) is 0 Å². The molecule has 0 atom stereocenters. The molecule has 0 aliphatic carbocycles. The number of carbonyl (C=O) groups is 1. The average molecular weight is 364 g/mol. The Hall–Kier alpha value is -2.16. The topological polar surface area (TPSA) is 102 Å². The van der Waals surface area contributed by atoms with Crippen molar-refractivity contribution in [1.29, 1.82) is 0 Å². The number of amides is 1. The van der Waals surface area contributed by atoms with Crippen molar-refractivity contribution in [1.82, 2.24) is 5.32 Å². The van der Waals surface area contributed by atoms with Crippen LogP contribution in [0.1, 0.15) is 16.0 Å². The fourth-order valence-corrected chi connectivity index (χ4v) is 4.07. The van der Waals surface area contributed by atoms with E-state index in [0.717, 1.165) is 38.3 Å². The van der Waals surface area contributed by atoms with E-state index in [1.54, 1.807) is 12.3 Å². The van der Waals surface area contributed by atoms with Crippen molar-refractivity contribution in [2.75, 3.05) is 0 Å². The number of nitrogens with one attached hydrogen (secondary N) is 1. The van der Waals surface area contributed by atoms with E-state index >= 15 is 0 Å². The van der Waals surface area contributed by atoms with E-state index in [1.807, 2.05) is 25.1 Å².